The minimum Gasteiger partial charge on any atom is -0.497 e. The van der Waals surface area contributed by atoms with Crippen LogP contribution in [0, 0.1) is 11.7 Å². The number of nitrogens with one attached hydrogen (secondary N) is 2. The lowest BCUT2D eigenvalue weighted by molar-refractivity contribution is -0.205. The summed E-state index contributed by atoms with van der Waals surface area (Å²) in [6, 6.07) is 15.7. The van der Waals surface area contributed by atoms with E-state index in [-0.39, 0.29) is 30.9 Å². The van der Waals surface area contributed by atoms with Gasteiger partial charge in [0.2, 0.25) is 11.9 Å². The van der Waals surface area contributed by atoms with Crippen molar-refractivity contribution in [2.75, 3.05) is 51.9 Å². The third kappa shape index (κ3) is 6.99. The Bertz CT molecular complexity index is 1520. The Labute approximate surface area is 248 Å². The Morgan fingerprint density at radius 2 is 1.79 bits per heavy atom. The predicted octanol–water partition coefficient (Wildman–Crippen LogP) is 3.68. The van der Waals surface area contributed by atoms with E-state index in [1.165, 1.54) is 12.1 Å². The molecule has 6 rings (SSSR count). The number of methoxy groups -OCH3 is 1. The van der Waals surface area contributed by atoms with Crippen LogP contribution in [0.2, 0.25) is 0 Å². The molecule has 0 atom stereocenters. The van der Waals surface area contributed by atoms with Crippen LogP contribution in [0.3, 0.4) is 0 Å². The van der Waals surface area contributed by atoms with Gasteiger partial charge in [0.15, 0.2) is 6.29 Å². The van der Waals surface area contributed by atoms with Crippen molar-refractivity contribution in [1.29, 1.82) is 0 Å². The predicted molar refractivity (Wildman–Crippen MR) is 156 cm³/mol. The second kappa shape index (κ2) is 13.3. The average molecular weight is 589 g/mol. The van der Waals surface area contributed by atoms with Gasteiger partial charge in [-0.1, -0.05) is 12.1 Å². The van der Waals surface area contributed by atoms with E-state index in [2.05, 4.69) is 15.3 Å². The number of rotatable bonds is 9. The van der Waals surface area contributed by atoms with E-state index in [0.717, 1.165) is 16.9 Å². The molecular formula is C31H33FN6O5. The number of carbonyl (C=O) groups excluding carboxylic acids is 1. The summed E-state index contributed by atoms with van der Waals surface area (Å²) in [6.07, 6.45) is 1.44. The Hall–Kier alpha value is -4.39. The van der Waals surface area contributed by atoms with E-state index >= 15 is 0 Å². The van der Waals surface area contributed by atoms with Crippen molar-refractivity contribution >= 4 is 11.9 Å². The third-order valence-electron chi connectivity index (χ3n) is 7.39. The third-order valence-corrected chi connectivity index (χ3v) is 7.39. The lowest BCUT2D eigenvalue weighted by Crippen LogP contribution is -2.48. The van der Waals surface area contributed by atoms with Gasteiger partial charge in [0.05, 0.1) is 63.0 Å². The largest absolute Gasteiger partial charge is 0.497 e. The Kier molecular flexibility index (Phi) is 8.87. The lowest BCUT2D eigenvalue weighted by atomic mass is 10.1. The first-order valence-electron chi connectivity index (χ1n) is 14.2. The number of aromatic nitrogens is 4. The standard InChI is InChI=1S/C31H33FN6O5/c1-40-24-8-2-20(3-9-24)17-34-31-33-11-10-25(35-31)29-28(21-4-6-23(32)7-5-21)36-26(37-29)16-27-42-18-22(19-43-27)30(39)38-12-14-41-15-13-38/h2-11,22,27H,12-19H2,1H3,(H,36,37)(H,33,34,35). The number of H-pyrrole nitrogens is 1. The van der Waals surface area contributed by atoms with Crippen LogP contribution >= 0.6 is 0 Å². The van der Waals surface area contributed by atoms with Gasteiger partial charge in [-0.2, -0.15) is 0 Å². The molecule has 0 spiro atoms. The van der Waals surface area contributed by atoms with Crippen LogP contribution in [0.4, 0.5) is 10.3 Å². The highest BCUT2D eigenvalue weighted by atomic mass is 19.1. The van der Waals surface area contributed by atoms with Crippen molar-refractivity contribution in [3.8, 4) is 28.4 Å². The number of imidazole rings is 1. The van der Waals surface area contributed by atoms with Crippen LogP contribution in [0.5, 0.6) is 5.75 Å². The molecule has 0 aliphatic carbocycles. The zero-order valence-corrected chi connectivity index (χ0v) is 23.8. The first kappa shape index (κ1) is 28.7. The minimum absolute atomic E-state index is 0.0285. The molecule has 1 amide bonds. The van der Waals surface area contributed by atoms with E-state index < -0.39 is 6.29 Å². The number of aromatic amines is 1. The molecule has 2 aliphatic heterocycles. The fourth-order valence-corrected chi connectivity index (χ4v) is 5.03. The molecule has 0 bridgehead atoms. The maximum atomic E-state index is 13.7. The van der Waals surface area contributed by atoms with Crippen molar-refractivity contribution in [3.63, 3.8) is 0 Å². The molecule has 2 aliphatic rings. The SMILES string of the molecule is COc1ccc(CNc2nccc(-c3[nH]c(CC4OCC(C(=O)N5CCOCC5)CO4)nc3-c3ccc(F)cc3)n2)cc1. The molecule has 0 radical (unpaired) electrons. The van der Waals surface area contributed by atoms with Gasteiger partial charge in [0, 0.05) is 31.4 Å². The molecule has 0 unspecified atom stereocenters. The molecule has 0 saturated carbocycles. The fraction of sp³-hybridized carbons (Fsp3) is 0.355. The number of halogens is 1. The molecule has 4 heterocycles. The number of ether oxygens (including phenoxy) is 4. The second-order valence-corrected chi connectivity index (χ2v) is 10.3. The molecule has 2 fully saturated rings. The number of benzene rings is 2. The summed E-state index contributed by atoms with van der Waals surface area (Å²) in [4.78, 5) is 31.9. The van der Waals surface area contributed by atoms with Gasteiger partial charge >= 0.3 is 0 Å². The van der Waals surface area contributed by atoms with Crippen LogP contribution in [-0.4, -0.2) is 83.7 Å². The normalized spacial score (nSPS) is 18.8. The average Bonchev–Trinajstić information content (AvgIpc) is 3.48. The van der Waals surface area contributed by atoms with Crippen LogP contribution in [0.25, 0.3) is 22.6 Å². The van der Waals surface area contributed by atoms with Gasteiger partial charge in [0.25, 0.3) is 0 Å². The molecule has 12 heteroatoms. The zero-order chi connectivity index (χ0) is 29.6. The van der Waals surface area contributed by atoms with E-state index in [4.69, 9.17) is 28.9 Å². The van der Waals surface area contributed by atoms with Crippen LogP contribution in [-0.2, 0) is 32.0 Å². The number of hydrogen-bond acceptors (Lipinski definition) is 9. The summed E-state index contributed by atoms with van der Waals surface area (Å²) in [6.45, 7) is 3.34. The van der Waals surface area contributed by atoms with E-state index in [0.29, 0.717) is 68.1 Å². The summed E-state index contributed by atoms with van der Waals surface area (Å²) >= 11 is 0. The van der Waals surface area contributed by atoms with Gasteiger partial charge < -0.3 is 34.1 Å². The molecule has 2 saturated heterocycles. The maximum Gasteiger partial charge on any atom is 0.230 e. The van der Waals surface area contributed by atoms with Crippen molar-refractivity contribution in [2.45, 2.75) is 19.3 Å². The maximum absolute atomic E-state index is 13.7. The van der Waals surface area contributed by atoms with E-state index in [9.17, 15) is 9.18 Å². The fourth-order valence-electron chi connectivity index (χ4n) is 5.03. The minimum atomic E-state index is -0.569. The molecule has 224 valence electrons. The van der Waals surface area contributed by atoms with Gasteiger partial charge in [-0.15, -0.1) is 0 Å². The van der Waals surface area contributed by atoms with Crippen LogP contribution < -0.4 is 10.1 Å². The molecule has 2 aromatic heterocycles. The first-order valence-corrected chi connectivity index (χ1v) is 14.2. The van der Waals surface area contributed by atoms with Gasteiger partial charge in [-0.05, 0) is 48.0 Å². The first-order chi connectivity index (χ1) is 21.1. The Morgan fingerprint density at radius 3 is 2.51 bits per heavy atom. The van der Waals surface area contributed by atoms with E-state index in [1.807, 2.05) is 24.3 Å². The Morgan fingerprint density at radius 1 is 1.05 bits per heavy atom. The number of amides is 1. The molecular weight excluding hydrogens is 555 g/mol. The molecule has 43 heavy (non-hydrogen) atoms. The van der Waals surface area contributed by atoms with Gasteiger partial charge in [0.1, 0.15) is 17.4 Å². The highest BCUT2D eigenvalue weighted by Crippen LogP contribution is 2.30. The number of carbonyl (C=O) groups is 1. The number of hydrogen-bond donors (Lipinski definition) is 2. The van der Waals surface area contributed by atoms with E-state index in [1.54, 1.807) is 36.4 Å². The van der Waals surface area contributed by atoms with Crippen LogP contribution in [0.15, 0.2) is 60.8 Å². The molecule has 2 N–H and O–H groups in total. The summed E-state index contributed by atoms with van der Waals surface area (Å²) < 4.78 is 36.2. The summed E-state index contributed by atoms with van der Waals surface area (Å²) in [5.41, 5.74) is 3.67. The second-order valence-electron chi connectivity index (χ2n) is 10.3. The topological polar surface area (TPSA) is 124 Å². The van der Waals surface area contributed by atoms with Crippen molar-refractivity contribution in [2.24, 2.45) is 5.92 Å². The van der Waals surface area contributed by atoms with Crippen molar-refractivity contribution in [3.05, 3.63) is 78.0 Å². The molecule has 2 aromatic carbocycles. The number of morpholine rings is 1. The van der Waals surface area contributed by atoms with Gasteiger partial charge in [-0.25, -0.2) is 19.3 Å². The van der Waals surface area contributed by atoms with Crippen LogP contribution in [0.1, 0.15) is 11.4 Å². The smallest absolute Gasteiger partial charge is 0.230 e. The zero-order valence-electron chi connectivity index (χ0n) is 23.8. The highest BCUT2D eigenvalue weighted by Gasteiger charge is 2.32. The number of nitrogens with zero attached hydrogens (tertiary/aromatic N) is 4. The lowest BCUT2D eigenvalue weighted by Gasteiger charge is -2.33. The molecule has 4 aromatic rings. The summed E-state index contributed by atoms with van der Waals surface area (Å²) in [5.74, 6) is 1.20. The Balaban J connectivity index is 1.17. The highest BCUT2D eigenvalue weighted by molar-refractivity contribution is 5.79. The number of anilines is 1. The van der Waals surface area contributed by atoms with Crippen molar-refractivity contribution < 1.29 is 28.1 Å². The monoisotopic (exact) mass is 588 g/mol. The summed E-state index contributed by atoms with van der Waals surface area (Å²) in [7, 11) is 1.63. The quantitative estimate of drug-likeness (QED) is 0.301. The summed E-state index contributed by atoms with van der Waals surface area (Å²) in [5, 5.41) is 3.26. The van der Waals surface area contributed by atoms with Gasteiger partial charge in [-0.3, -0.25) is 4.79 Å². The molecule has 11 nitrogen and oxygen atoms in total. The van der Waals surface area contributed by atoms with Crippen molar-refractivity contribution in [1.82, 2.24) is 24.8 Å².